The van der Waals surface area contributed by atoms with Crippen molar-refractivity contribution in [1.82, 2.24) is 0 Å². The Balaban J connectivity index is 2.95. The summed E-state index contributed by atoms with van der Waals surface area (Å²) in [5.41, 5.74) is -0.922. The Morgan fingerprint density at radius 2 is 2.11 bits per heavy atom. The molecule has 0 spiro atoms. The molecule has 0 amide bonds. The van der Waals surface area contributed by atoms with Crippen LogP contribution in [-0.2, 0) is 14.3 Å². The number of hydrogen-bond acceptors (Lipinski definition) is 3. The number of Topliss-reactive ketones (excluding diaryl/α,β-unsaturated/α-hetero) is 1. The fraction of sp³-hybridized carbons (Fsp3) is 0.714. The number of esters is 1. The van der Waals surface area contributed by atoms with Gasteiger partial charge in [0.2, 0.25) is 0 Å². The molecule has 0 aromatic heterocycles. The highest BCUT2D eigenvalue weighted by molar-refractivity contribution is 9.12. The summed E-state index contributed by atoms with van der Waals surface area (Å²) < 4.78 is 6.28. The van der Waals surface area contributed by atoms with Crippen LogP contribution in [0.4, 0.5) is 0 Å². The number of ether oxygens (including phenoxy) is 1. The maximum absolute atomic E-state index is 12.2. The molecule has 1 rings (SSSR count). The minimum atomic E-state index is -1.43. The molecule has 1 unspecified atom stereocenters. The van der Waals surface area contributed by atoms with E-state index in [1.807, 2.05) is 6.08 Å². The first kappa shape index (κ1) is 16.6. The number of carbonyl (C=O) groups excluding carboxylic acids is 2. The molecule has 0 bridgehead atoms. The van der Waals surface area contributed by atoms with Gasteiger partial charge in [-0.3, -0.25) is 9.59 Å². The lowest BCUT2D eigenvalue weighted by Crippen LogP contribution is -2.36. The Hall–Kier alpha value is -0.423. The first-order chi connectivity index (χ1) is 8.74. The van der Waals surface area contributed by atoms with Gasteiger partial charge in [-0.15, -0.1) is 0 Å². The minimum Gasteiger partial charge on any atom is -0.465 e. The molecule has 1 aliphatic carbocycles. The van der Waals surface area contributed by atoms with Crippen molar-refractivity contribution >= 4 is 35.8 Å². The number of rotatable bonds is 5. The summed E-state index contributed by atoms with van der Waals surface area (Å²) in [7, 11) is -1.43. The van der Waals surface area contributed by atoms with Crippen LogP contribution in [0.5, 0.6) is 0 Å². The van der Waals surface area contributed by atoms with E-state index in [4.69, 9.17) is 4.74 Å². The zero-order valence-electron chi connectivity index (χ0n) is 12.2. The highest BCUT2D eigenvalue weighted by Crippen LogP contribution is 2.40. The van der Waals surface area contributed by atoms with Crippen molar-refractivity contribution in [3.05, 3.63) is 10.2 Å². The first-order valence-corrected chi connectivity index (χ1v) is 11.1. The Labute approximate surface area is 124 Å². The summed E-state index contributed by atoms with van der Waals surface area (Å²) in [5.74, 6) is -0.303. The van der Waals surface area contributed by atoms with Crippen molar-refractivity contribution in [3.8, 4) is 0 Å². The minimum absolute atomic E-state index is 0.0399. The van der Waals surface area contributed by atoms with Gasteiger partial charge in [-0.2, -0.15) is 0 Å². The SMILES string of the molecule is CCOC(=O)C1(C/C=C(\Br)[Si](C)(C)C)CCCC1=O. The molecule has 0 heterocycles. The van der Waals surface area contributed by atoms with E-state index in [0.29, 0.717) is 25.9 Å². The lowest BCUT2D eigenvalue weighted by atomic mass is 9.82. The van der Waals surface area contributed by atoms with Crippen molar-refractivity contribution in [3.63, 3.8) is 0 Å². The van der Waals surface area contributed by atoms with Crippen LogP contribution >= 0.6 is 15.9 Å². The number of hydrogen-bond donors (Lipinski definition) is 0. The summed E-state index contributed by atoms with van der Waals surface area (Å²) in [6, 6.07) is 0. The highest BCUT2D eigenvalue weighted by Gasteiger charge is 2.49. The Morgan fingerprint density at radius 1 is 1.47 bits per heavy atom. The van der Waals surface area contributed by atoms with Crippen LogP contribution in [0.15, 0.2) is 10.2 Å². The van der Waals surface area contributed by atoms with Crippen LogP contribution < -0.4 is 0 Å². The van der Waals surface area contributed by atoms with Gasteiger partial charge in [-0.1, -0.05) is 41.6 Å². The number of ketones is 1. The maximum atomic E-state index is 12.2. The van der Waals surface area contributed by atoms with Gasteiger partial charge >= 0.3 is 5.97 Å². The van der Waals surface area contributed by atoms with Crippen molar-refractivity contribution in [1.29, 1.82) is 0 Å². The van der Waals surface area contributed by atoms with Crippen molar-refractivity contribution in [2.24, 2.45) is 5.41 Å². The molecule has 3 nitrogen and oxygen atoms in total. The molecule has 0 aromatic carbocycles. The van der Waals surface area contributed by atoms with Gasteiger partial charge in [-0.05, 0) is 30.3 Å². The Kier molecular flexibility index (Phi) is 5.56. The molecule has 0 aliphatic heterocycles. The molecular formula is C14H23BrO3Si. The Morgan fingerprint density at radius 3 is 2.53 bits per heavy atom. The quantitative estimate of drug-likeness (QED) is 0.431. The molecule has 5 heteroatoms. The van der Waals surface area contributed by atoms with E-state index in [2.05, 4.69) is 35.6 Å². The molecule has 19 heavy (non-hydrogen) atoms. The third-order valence-corrected chi connectivity index (χ3v) is 9.08. The van der Waals surface area contributed by atoms with E-state index in [1.165, 1.54) is 0 Å². The second kappa shape index (κ2) is 6.35. The van der Waals surface area contributed by atoms with E-state index in [9.17, 15) is 9.59 Å². The van der Waals surface area contributed by atoms with Gasteiger partial charge in [-0.25, -0.2) is 0 Å². The largest absolute Gasteiger partial charge is 0.465 e. The summed E-state index contributed by atoms with van der Waals surface area (Å²) >= 11 is 3.60. The molecule has 0 N–H and O–H groups in total. The Bertz CT molecular complexity index is 398. The highest BCUT2D eigenvalue weighted by atomic mass is 79.9. The normalized spacial score (nSPS) is 24.7. The lowest BCUT2D eigenvalue weighted by Gasteiger charge is -2.24. The average Bonchev–Trinajstić information content (AvgIpc) is 2.68. The lowest BCUT2D eigenvalue weighted by molar-refractivity contribution is -0.158. The molecule has 1 saturated carbocycles. The fourth-order valence-electron chi connectivity index (χ4n) is 2.28. The topological polar surface area (TPSA) is 43.4 Å². The van der Waals surface area contributed by atoms with Crippen LogP contribution in [0.3, 0.4) is 0 Å². The number of halogens is 1. The molecule has 1 atom stereocenters. The predicted molar refractivity (Wildman–Crippen MR) is 82.9 cm³/mol. The molecule has 1 aliphatic rings. The third-order valence-electron chi connectivity index (χ3n) is 3.55. The molecule has 1 fully saturated rings. The fourth-order valence-corrected chi connectivity index (χ4v) is 3.16. The van der Waals surface area contributed by atoms with Crippen LogP contribution in [0, 0.1) is 5.41 Å². The van der Waals surface area contributed by atoms with Gasteiger partial charge in [0.25, 0.3) is 0 Å². The van der Waals surface area contributed by atoms with E-state index >= 15 is 0 Å². The summed E-state index contributed by atoms with van der Waals surface area (Å²) in [5, 5.41) is 0. The van der Waals surface area contributed by atoms with Crippen LogP contribution in [0.1, 0.15) is 32.6 Å². The molecule has 108 valence electrons. The monoisotopic (exact) mass is 346 g/mol. The van der Waals surface area contributed by atoms with E-state index in [0.717, 1.165) is 10.5 Å². The standard InChI is InChI=1S/C14H23BrO3Si/c1-5-18-13(17)14(9-6-7-11(14)16)10-8-12(15)19(2,3)4/h8H,5-7,9-10H2,1-4H3/b12-8+. The van der Waals surface area contributed by atoms with Gasteiger partial charge in [0.15, 0.2) is 5.78 Å². The van der Waals surface area contributed by atoms with Gasteiger partial charge in [0.05, 0.1) is 14.7 Å². The van der Waals surface area contributed by atoms with E-state index in [1.54, 1.807) is 6.92 Å². The van der Waals surface area contributed by atoms with Gasteiger partial charge in [0.1, 0.15) is 5.41 Å². The first-order valence-electron chi connectivity index (χ1n) is 6.80. The summed E-state index contributed by atoms with van der Waals surface area (Å²) in [6.07, 6.45) is 4.39. The van der Waals surface area contributed by atoms with Crippen LogP contribution in [0.25, 0.3) is 0 Å². The number of carbonyl (C=O) groups is 2. The molecule has 0 radical (unpaired) electrons. The average molecular weight is 347 g/mol. The molecule has 0 saturated heterocycles. The summed E-state index contributed by atoms with van der Waals surface area (Å²) in [6.45, 7) is 8.77. The predicted octanol–water partition coefficient (Wildman–Crippen LogP) is 3.84. The second-order valence-corrected chi connectivity index (χ2v) is 12.7. The van der Waals surface area contributed by atoms with E-state index in [-0.39, 0.29) is 11.8 Å². The van der Waals surface area contributed by atoms with Gasteiger partial charge < -0.3 is 4.74 Å². The van der Waals surface area contributed by atoms with Crippen LogP contribution in [-0.4, -0.2) is 26.4 Å². The van der Waals surface area contributed by atoms with Crippen LogP contribution in [0.2, 0.25) is 19.6 Å². The van der Waals surface area contributed by atoms with Crippen molar-refractivity contribution in [2.45, 2.75) is 52.2 Å². The second-order valence-electron chi connectivity index (χ2n) is 6.09. The third kappa shape index (κ3) is 3.78. The smallest absolute Gasteiger partial charge is 0.319 e. The molecular weight excluding hydrogens is 324 g/mol. The molecule has 0 aromatic rings. The number of allylic oxidation sites excluding steroid dienone is 1. The van der Waals surface area contributed by atoms with Gasteiger partial charge in [0, 0.05) is 6.42 Å². The van der Waals surface area contributed by atoms with E-state index < -0.39 is 13.5 Å². The zero-order chi connectivity index (χ0) is 14.7. The van der Waals surface area contributed by atoms with Crippen molar-refractivity contribution < 1.29 is 14.3 Å². The summed E-state index contributed by atoms with van der Waals surface area (Å²) in [4.78, 5) is 24.3. The van der Waals surface area contributed by atoms with Crippen molar-refractivity contribution in [2.75, 3.05) is 6.61 Å². The maximum Gasteiger partial charge on any atom is 0.319 e. The zero-order valence-corrected chi connectivity index (χ0v) is 14.8.